The predicted molar refractivity (Wildman–Crippen MR) is 271 cm³/mol. The molecule has 0 bridgehead atoms. The fraction of sp³-hybridized carbons (Fsp3) is 0.442. The summed E-state index contributed by atoms with van der Waals surface area (Å²) in [6.07, 6.45) is 5.18. The number of carbonyl (C=O) groups excluding carboxylic acids is 6. The molecule has 3 aromatic carbocycles. The molecule has 4 aromatic rings. The van der Waals surface area contributed by atoms with Crippen molar-refractivity contribution in [3.63, 3.8) is 0 Å². The Morgan fingerprint density at radius 2 is 1.58 bits per heavy atom. The van der Waals surface area contributed by atoms with Crippen molar-refractivity contribution >= 4 is 59.3 Å². The summed E-state index contributed by atoms with van der Waals surface area (Å²) in [6.45, 7) is 5.63. The van der Waals surface area contributed by atoms with E-state index in [1.165, 1.54) is 36.0 Å². The highest BCUT2D eigenvalue weighted by atomic mass is 32.2. The number of hydrogen-bond donors (Lipinski definition) is 5. The van der Waals surface area contributed by atoms with Crippen LogP contribution in [0.5, 0.6) is 0 Å². The molecule has 0 saturated carbocycles. The van der Waals surface area contributed by atoms with Gasteiger partial charge in [0.1, 0.15) is 17.7 Å². The fourth-order valence-electron chi connectivity index (χ4n) is 8.68. The van der Waals surface area contributed by atoms with Crippen molar-refractivity contribution in [1.82, 2.24) is 30.1 Å². The van der Waals surface area contributed by atoms with Gasteiger partial charge < -0.3 is 49.9 Å². The number of nitrogen functional groups attached to an aromatic ring is 1. The zero-order valence-electron chi connectivity index (χ0n) is 40.9. The second kappa shape index (κ2) is 27.6. The Bertz CT molecular complexity index is 2590. The van der Waals surface area contributed by atoms with E-state index in [4.69, 9.17) is 29.4 Å². The first kappa shape index (κ1) is 54.4. The van der Waals surface area contributed by atoms with E-state index in [1.807, 2.05) is 29.2 Å². The number of aromatic nitrogens is 1. The van der Waals surface area contributed by atoms with Crippen LogP contribution in [0.4, 0.5) is 15.9 Å². The van der Waals surface area contributed by atoms with Gasteiger partial charge in [0.2, 0.25) is 17.7 Å². The Morgan fingerprint density at radius 3 is 2.29 bits per heavy atom. The minimum atomic E-state index is -0.824. The fourth-order valence-corrected chi connectivity index (χ4v) is 9.47. The van der Waals surface area contributed by atoms with Gasteiger partial charge in [-0.3, -0.25) is 38.8 Å². The third kappa shape index (κ3) is 15.4. The van der Waals surface area contributed by atoms with Crippen LogP contribution < -0.4 is 26.4 Å². The first-order valence-electron chi connectivity index (χ1n) is 24.5. The van der Waals surface area contributed by atoms with Crippen molar-refractivity contribution in [1.29, 1.82) is 0 Å². The van der Waals surface area contributed by atoms with E-state index in [9.17, 15) is 28.8 Å². The molecule has 0 spiro atoms. The van der Waals surface area contributed by atoms with E-state index < -0.39 is 23.7 Å². The monoisotopic (exact) mass is 1030 g/mol. The Morgan fingerprint density at radius 1 is 0.863 bits per heavy atom. The number of halogens is 1. The summed E-state index contributed by atoms with van der Waals surface area (Å²) in [5.74, 6) is -1.60. The van der Waals surface area contributed by atoms with Gasteiger partial charge in [-0.25, -0.2) is 9.37 Å². The molecule has 2 saturated heterocycles. The molecule has 19 nitrogen and oxygen atoms in total. The lowest BCUT2D eigenvalue weighted by atomic mass is 9.94. The van der Waals surface area contributed by atoms with E-state index in [0.717, 1.165) is 24.0 Å². The first-order valence-corrected chi connectivity index (χ1v) is 25.3. The number of ether oxygens (including phenoxy) is 5. The summed E-state index contributed by atoms with van der Waals surface area (Å²) in [5.41, 5.74) is 11.0. The molecule has 7 rings (SSSR count). The normalized spacial score (nSPS) is 16.6. The van der Waals surface area contributed by atoms with Crippen LogP contribution in [0, 0.1) is 5.82 Å². The van der Waals surface area contributed by atoms with E-state index in [2.05, 4.69) is 25.7 Å². The van der Waals surface area contributed by atoms with Gasteiger partial charge in [0.25, 0.3) is 11.8 Å². The minimum Gasteiger partial charge on any atom is -0.383 e. The quantitative estimate of drug-likeness (QED) is 0.0242. The van der Waals surface area contributed by atoms with Crippen LogP contribution in [0.3, 0.4) is 0 Å². The molecule has 21 heteroatoms. The molecule has 1 aromatic heterocycles. The van der Waals surface area contributed by atoms with Crippen LogP contribution in [0.15, 0.2) is 71.8 Å². The number of imide groups is 1. The van der Waals surface area contributed by atoms with E-state index in [1.54, 1.807) is 30.5 Å². The number of hydrogen-bond acceptors (Lipinski definition) is 16. The number of nitrogens with two attached hydrogens (primary N) is 1. The van der Waals surface area contributed by atoms with Crippen molar-refractivity contribution in [3.8, 4) is 22.3 Å². The van der Waals surface area contributed by atoms with Crippen molar-refractivity contribution in [2.75, 3.05) is 110 Å². The SMILES string of the molecule is CN(C(=O)c1c(C=O)cccc1NCCOCCOCCOCCOCCOCCC(=O)N1CCCC(NSc2ccc(-c3cnc(N)c(-c4ccc5c(c4)CCNC5=O)c3)c(F)c2)C1)C1CCC(=O)NC1=O. The van der Waals surface area contributed by atoms with Gasteiger partial charge in [0.15, 0.2) is 6.29 Å². The molecule has 2 unspecified atom stereocenters. The number of pyridine rings is 1. The van der Waals surface area contributed by atoms with Crippen LogP contribution in [-0.4, -0.2) is 162 Å². The maximum Gasteiger partial charge on any atom is 0.257 e. The molecule has 2 atom stereocenters. The summed E-state index contributed by atoms with van der Waals surface area (Å²) < 4.78 is 47.0. The highest BCUT2D eigenvalue weighted by Crippen LogP contribution is 2.34. The average Bonchev–Trinajstić information content (AvgIpc) is 3.39. The summed E-state index contributed by atoms with van der Waals surface area (Å²) in [7, 11) is 1.48. The Hall–Kier alpha value is -6.33. The number of likely N-dealkylation sites (tertiary alicyclic amines) is 1. The summed E-state index contributed by atoms with van der Waals surface area (Å²) >= 11 is 1.34. The van der Waals surface area contributed by atoms with E-state index in [-0.39, 0.29) is 60.8 Å². The zero-order valence-corrected chi connectivity index (χ0v) is 41.7. The lowest BCUT2D eigenvalue weighted by molar-refractivity contribution is -0.136. The maximum absolute atomic E-state index is 15.6. The van der Waals surface area contributed by atoms with Crippen LogP contribution >= 0.6 is 11.9 Å². The molecule has 4 heterocycles. The number of amides is 5. The maximum atomic E-state index is 15.6. The van der Waals surface area contributed by atoms with Gasteiger partial charge in [-0.2, -0.15) is 0 Å². The molecule has 73 heavy (non-hydrogen) atoms. The van der Waals surface area contributed by atoms with Gasteiger partial charge >= 0.3 is 0 Å². The largest absolute Gasteiger partial charge is 0.383 e. The smallest absolute Gasteiger partial charge is 0.257 e. The average molecular weight is 1030 g/mol. The topological polar surface area (TPSA) is 242 Å². The van der Waals surface area contributed by atoms with Crippen molar-refractivity contribution in [2.24, 2.45) is 0 Å². The number of carbonyl (C=O) groups is 6. The molecular formula is C52H63FN8O11S. The van der Waals surface area contributed by atoms with Crippen molar-refractivity contribution < 1.29 is 56.8 Å². The number of piperidine rings is 2. The van der Waals surface area contributed by atoms with Crippen molar-refractivity contribution in [2.45, 2.75) is 55.5 Å². The summed E-state index contributed by atoms with van der Waals surface area (Å²) in [6, 6.07) is 16.5. The van der Waals surface area contributed by atoms with Crippen molar-refractivity contribution in [3.05, 3.63) is 94.9 Å². The predicted octanol–water partition coefficient (Wildman–Crippen LogP) is 4.29. The van der Waals surface area contributed by atoms with Gasteiger partial charge in [0, 0.05) is 90.3 Å². The highest BCUT2D eigenvalue weighted by molar-refractivity contribution is 7.97. The van der Waals surface area contributed by atoms with E-state index in [0.29, 0.717) is 137 Å². The third-order valence-electron chi connectivity index (χ3n) is 12.6. The Kier molecular flexibility index (Phi) is 20.6. The Balaban J connectivity index is 0.690. The van der Waals surface area contributed by atoms with Crippen LogP contribution in [0.25, 0.3) is 22.3 Å². The van der Waals surface area contributed by atoms with Gasteiger partial charge in [-0.15, -0.1) is 0 Å². The van der Waals surface area contributed by atoms with Crippen LogP contribution in [-0.2, 0) is 44.5 Å². The second-order valence-corrected chi connectivity index (χ2v) is 18.5. The lowest BCUT2D eigenvalue weighted by Gasteiger charge is -2.33. The van der Waals surface area contributed by atoms with Crippen LogP contribution in [0.1, 0.15) is 68.7 Å². The summed E-state index contributed by atoms with van der Waals surface area (Å²) in [4.78, 5) is 82.5. The number of aldehydes is 1. The molecule has 2 fully saturated rings. The molecule has 3 aliphatic rings. The van der Waals surface area contributed by atoms with Gasteiger partial charge in [-0.05, 0) is 79.1 Å². The zero-order chi connectivity index (χ0) is 51.5. The minimum absolute atomic E-state index is 0.0186. The number of benzene rings is 3. The van der Waals surface area contributed by atoms with Gasteiger partial charge in [-0.1, -0.05) is 30.3 Å². The number of likely N-dealkylation sites (N-methyl/N-ethyl adjacent to an activating group) is 1. The van der Waals surface area contributed by atoms with Gasteiger partial charge in [0.05, 0.1) is 78.1 Å². The number of fused-ring (bicyclic) bond motifs is 1. The molecule has 0 radical (unpaired) electrons. The molecule has 6 N–H and O–H groups in total. The highest BCUT2D eigenvalue weighted by Gasteiger charge is 2.34. The van der Waals surface area contributed by atoms with E-state index >= 15 is 4.39 Å². The number of anilines is 2. The standard InChI is InChI=1S/C52H63FN8O11S/c1-60(45-11-12-46(63)58-51(45)66)52(67)48-36(33-62)4-2-6-44(48)55-16-19-69-21-23-71-25-27-72-26-24-70-22-20-68-18-14-47(64)61-17-3-5-38(32-61)59-73-39-8-10-40(43(53)30-39)37-29-42(49(54)57-31-37)34-7-9-41-35(28-34)13-15-56-50(41)65/h2,4,6-10,28-31,33,38,45,55,59H,3,5,11-27,32H2,1H3,(H2,54,57)(H,56,65)(H,58,63,66). The number of rotatable bonds is 27. The molecule has 390 valence electrons. The second-order valence-electron chi connectivity index (χ2n) is 17.6. The molecular weight excluding hydrogens is 964 g/mol. The summed E-state index contributed by atoms with van der Waals surface area (Å²) in [5, 5.41) is 8.24. The van der Waals surface area contributed by atoms with Crippen LogP contribution in [0.2, 0.25) is 0 Å². The number of nitrogens with zero attached hydrogens (tertiary/aromatic N) is 3. The number of nitrogens with one attached hydrogen (secondary N) is 4. The molecule has 5 amide bonds. The lowest BCUT2D eigenvalue weighted by Crippen LogP contribution is -2.53. The molecule has 3 aliphatic heterocycles. The Labute approximate surface area is 427 Å². The molecule has 0 aliphatic carbocycles. The first-order chi connectivity index (χ1) is 35.5. The third-order valence-corrected chi connectivity index (χ3v) is 13.5.